The summed E-state index contributed by atoms with van der Waals surface area (Å²) in [4.78, 5) is 42.2. The third-order valence-corrected chi connectivity index (χ3v) is 7.41. The number of likely N-dealkylation sites (tertiary alicyclic amines) is 1. The lowest BCUT2D eigenvalue weighted by atomic mass is 10.0. The molecule has 234 valence electrons. The van der Waals surface area contributed by atoms with Gasteiger partial charge < -0.3 is 25.0 Å². The van der Waals surface area contributed by atoms with Gasteiger partial charge in [-0.1, -0.05) is 85.6 Å². The van der Waals surface area contributed by atoms with Crippen molar-refractivity contribution in [1.82, 2.24) is 15.5 Å². The molecule has 4 rings (SSSR count). The van der Waals surface area contributed by atoms with E-state index in [0.717, 1.165) is 42.4 Å². The van der Waals surface area contributed by atoms with Crippen LogP contribution in [0.15, 0.2) is 84.9 Å². The predicted molar refractivity (Wildman–Crippen MR) is 171 cm³/mol. The molecule has 0 radical (unpaired) electrons. The molecule has 1 saturated heterocycles. The van der Waals surface area contributed by atoms with E-state index in [0.29, 0.717) is 31.9 Å². The van der Waals surface area contributed by atoms with E-state index in [9.17, 15) is 14.4 Å². The summed E-state index contributed by atoms with van der Waals surface area (Å²) in [6.07, 6.45) is 4.59. The average molecular weight is 600 g/mol. The zero-order valence-electron chi connectivity index (χ0n) is 26.1. The molecule has 1 aliphatic heterocycles. The van der Waals surface area contributed by atoms with Crippen LogP contribution in [-0.2, 0) is 33.8 Å². The second-order valence-electron chi connectivity index (χ2n) is 12.3. The van der Waals surface area contributed by atoms with Gasteiger partial charge in [0.1, 0.15) is 30.0 Å². The molecule has 0 aliphatic carbocycles. The molecule has 44 heavy (non-hydrogen) atoms. The van der Waals surface area contributed by atoms with E-state index in [2.05, 4.69) is 10.6 Å². The van der Waals surface area contributed by atoms with Crippen LogP contribution in [0.3, 0.4) is 0 Å². The monoisotopic (exact) mass is 599 g/mol. The molecule has 2 atom stereocenters. The maximum atomic E-state index is 13.8. The topological polar surface area (TPSA) is 97.0 Å². The summed E-state index contributed by atoms with van der Waals surface area (Å²) in [5, 5.41) is 5.87. The molecule has 3 aromatic rings. The summed E-state index contributed by atoms with van der Waals surface area (Å²) in [6, 6.07) is 24.9. The van der Waals surface area contributed by atoms with E-state index < -0.39 is 29.6 Å². The van der Waals surface area contributed by atoms with Crippen molar-refractivity contribution in [3.63, 3.8) is 0 Å². The SMILES string of the molecule is CC(C)(C)OC(=O)[C@H](Cc1ccc(OCc2ccccc2)cc1)NC(=O)[C@H](Cc1ccccc1)NC(=O)N1CCCCCC1. The van der Waals surface area contributed by atoms with E-state index in [1.807, 2.05) is 84.9 Å². The van der Waals surface area contributed by atoms with Crippen LogP contribution in [0.2, 0.25) is 0 Å². The Kier molecular flexibility index (Phi) is 11.8. The normalized spacial score (nSPS) is 14.9. The van der Waals surface area contributed by atoms with Crippen LogP contribution in [0.1, 0.15) is 63.1 Å². The lowest BCUT2D eigenvalue weighted by Gasteiger charge is -2.28. The molecule has 0 saturated carbocycles. The average Bonchev–Trinajstić information content (AvgIpc) is 3.30. The van der Waals surface area contributed by atoms with Crippen molar-refractivity contribution in [2.75, 3.05) is 13.1 Å². The third kappa shape index (κ3) is 10.7. The summed E-state index contributed by atoms with van der Waals surface area (Å²) in [5.74, 6) is -0.266. The molecule has 1 heterocycles. The second kappa shape index (κ2) is 15.9. The molecule has 0 spiro atoms. The van der Waals surface area contributed by atoms with E-state index in [-0.39, 0.29) is 12.5 Å². The van der Waals surface area contributed by atoms with Crippen molar-refractivity contribution in [3.05, 3.63) is 102 Å². The number of urea groups is 1. The Morgan fingerprint density at radius 3 is 1.84 bits per heavy atom. The van der Waals surface area contributed by atoms with Crippen molar-refractivity contribution in [2.45, 2.75) is 83.6 Å². The molecule has 0 bridgehead atoms. The number of benzene rings is 3. The molecule has 0 aromatic heterocycles. The number of ether oxygens (including phenoxy) is 2. The number of rotatable bonds is 11. The number of carbonyl (C=O) groups excluding carboxylic acids is 3. The summed E-state index contributed by atoms with van der Waals surface area (Å²) in [7, 11) is 0. The van der Waals surface area contributed by atoms with Crippen LogP contribution in [0.5, 0.6) is 5.75 Å². The first-order valence-electron chi connectivity index (χ1n) is 15.5. The quantitative estimate of drug-likeness (QED) is 0.270. The largest absolute Gasteiger partial charge is 0.489 e. The number of hydrogen-bond donors (Lipinski definition) is 2. The fraction of sp³-hybridized carbons (Fsp3) is 0.417. The Morgan fingerprint density at radius 1 is 0.705 bits per heavy atom. The highest BCUT2D eigenvalue weighted by atomic mass is 16.6. The highest BCUT2D eigenvalue weighted by Crippen LogP contribution is 2.18. The van der Waals surface area contributed by atoms with E-state index >= 15 is 0 Å². The number of hydrogen-bond acceptors (Lipinski definition) is 5. The standard InChI is InChI=1S/C36H45N3O5/c1-36(2,3)44-34(41)32(25-28-18-20-30(21-19-28)43-26-29-16-10-7-11-17-29)37-33(40)31(24-27-14-8-6-9-15-27)38-35(42)39-22-12-4-5-13-23-39/h6-11,14-21,31-32H,4-5,12-13,22-26H2,1-3H3,(H,37,40)(H,38,42)/t31-,32-/m0/s1. The van der Waals surface area contributed by atoms with E-state index in [4.69, 9.17) is 9.47 Å². The number of carbonyl (C=O) groups is 3. The fourth-order valence-corrected chi connectivity index (χ4v) is 5.11. The Balaban J connectivity index is 1.48. The van der Waals surface area contributed by atoms with Crippen LogP contribution in [0, 0.1) is 0 Å². The molecule has 8 nitrogen and oxygen atoms in total. The first-order chi connectivity index (χ1) is 21.2. The van der Waals surface area contributed by atoms with Gasteiger partial charge in [-0.3, -0.25) is 4.79 Å². The Labute approximate surface area is 261 Å². The van der Waals surface area contributed by atoms with Crippen molar-refractivity contribution < 1.29 is 23.9 Å². The maximum Gasteiger partial charge on any atom is 0.329 e. The minimum absolute atomic E-state index is 0.220. The molecular weight excluding hydrogens is 554 g/mol. The van der Waals surface area contributed by atoms with Gasteiger partial charge in [-0.15, -0.1) is 0 Å². The maximum absolute atomic E-state index is 13.8. The summed E-state index contributed by atoms with van der Waals surface area (Å²) in [5.41, 5.74) is 2.07. The van der Waals surface area contributed by atoms with Crippen LogP contribution in [-0.4, -0.2) is 53.6 Å². The first-order valence-corrected chi connectivity index (χ1v) is 15.5. The van der Waals surface area contributed by atoms with Gasteiger partial charge in [0.05, 0.1) is 0 Å². The van der Waals surface area contributed by atoms with Crippen molar-refractivity contribution >= 4 is 17.9 Å². The highest BCUT2D eigenvalue weighted by molar-refractivity contribution is 5.91. The zero-order chi connectivity index (χ0) is 31.4. The number of amides is 3. The van der Waals surface area contributed by atoms with Crippen LogP contribution in [0.4, 0.5) is 4.79 Å². The third-order valence-electron chi connectivity index (χ3n) is 7.41. The Morgan fingerprint density at radius 2 is 1.25 bits per heavy atom. The molecule has 0 unspecified atom stereocenters. The minimum atomic E-state index is -0.953. The number of nitrogens with zero attached hydrogens (tertiary/aromatic N) is 1. The van der Waals surface area contributed by atoms with Crippen molar-refractivity contribution in [1.29, 1.82) is 0 Å². The van der Waals surface area contributed by atoms with Gasteiger partial charge in [0.2, 0.25) is 5.91 Å². The van der Waals surface area contributed by atoms with Gasteiger partial charge in [-0.05, 0) is 62.4 Å². The lowest BCUT2D eigenvalue weighted by molar-refractivity contribution is -0.158. The van der Waals surface area contributed by atoms with Crippen LogP contribution < -0.4 is 15.4 Å². The van der Waals surface area contributed by atoms with Crippen molar-refractivity contribution in [2.24, 2.45) is 0 Å². The molecule has 3 aromatic carbocycles. The summed E-state index contributed by atoms with van der Waals surface area (Å²) in [6.45, 7) is 7.16. The molecule has 3 amide bonds. The zero-order valence-corrected chi connectivity index (χ0v) is 26.1. The minimum Gasteiger partial charge on any atom is -0.489 e. The lowest BCUT2D eigenvalue weighted by Crippen LogP contribution is -2.56. The smallest absolute Gasteiger partial charge is 0.329 e. The molecule has 8 heteroatoms. The Bertz CT molecular complexity index is 1330. The van der Waals surface area contributed by atoms with Crippen LogP contribution in [0.25, 0.3) is 0 Å². The summed E-state index contributed by atoms with van der Waals surface area (Å²) < 4.78 is 11.6. The van der Waals surface area contributed by atoms with E-state index in [1.165, 1.54) is 0 Å². The summed E-state index contributed by atoms with van der Waals surface area (Å²) >= 11 is 0. The first kappa shape index (κ1) is 32.6. The van der Waals surface area contributed by atoms with Gasteiger partial charge in [0.25, 0.3) is 0 Å². The van der Waals surface area contributed by atoms with Gasteiger partial charge in [-0.2, -0.15) is 0 Å². The van der Waals surface area contributed by atoms with Crippen LogP contribution >= 0.6 is 0 Å². The fourth-order valence-electron chi connectivity index (χ4n) is 5.11. The van der Waals surface area contributed by atoms with Gasteiger partial charge in [0.15, 0.2) is 0 Å². The predicted octanol–water partition coefficient (Wildman–Crippen LogP) is 5.83. The molecule has 1 aliphatic rings. The molecule has 2 N–H and O–H groups in total. The second-order valence-corrected chi connectivity index (χ2v) is 12.3. The van der Waals surface area contributed by atoms with Gasteiger partial charge >= 0.3 is 12.0 Å². The highest BCUT2D eigenvalue weighted by Gasteiger charge is 2.31. The van der Waals surface area contributed by atoms with E-state index in [1.54, 1.807) is 25.7 Å². The Hall–Kier alpha value is -4.33. The van der Waals surface area contributed by atoms with Gasteiger partial charge in [-0.25, -0.2) is 9.59 Å². The molecular formula is C36H45N3O5. The van der Waals surface area contributed by atoms with Crippen molar-refractivity contribution in [3.8, 4) is 5.75 Å². The van der Waals surface area contributed by atoms with Gasteiger partial charge in [0, 0.05) is 25.9 Å². The number of nitrogens with one attached hydrogen (secondary N) is 2. The molecule has 1 fully saturated rings. The number of esters is 1.